The molecule has 0 heterocycles. The number of ether oxygens (including phenoxy) is 1. The van der Waals surface area contributed by atoms with E-state index in [4.69, 9.17) is 4.74 Å². The quantitative estimate of drug-likeness (QED) is 0.667. The highest BCUT2D eigenvalue weighted by Gasteiger charge is 2.18. The number of nitrogens with one attached hydrogen (secondary N) is 2. The molecular formula is C23H22N2O3. The number of carbonyl (C=O) groups excluding carboxylic acids is 2. The molecule has 0 fully saturated rings. The van der Waals surface area contributed by atoms with Crippen molar-refractivity contribution in [3.63, 3.8) is 0 Å². The average Bonchev–Trinajstić information content (AvgIpc) is 2.77. The topological polar surface area (TPSA) is 67.4 Å². The van der Waals surface area contributed by atoms with Crippen LogP contribution in [0.3, 0.4) is 0 Å². The van der Waals surface area contributed by atoms with E-state index in [1.54, 1.807) is 24.3 Å². The Kier molecular flexibility index (Phi) is 6.41. The smallest absolute Gasteiger partial charge is 0.255 e. The molecule has 3 aromatic rings. The minimum absolute atomic E-state index is 0.132. The Morgan fingerprint density at radius 3 is 1.93 bits per heavy atom. The van der Waals surface area contributed by atoms with Crippen LogP contribution in [0, 0.1) is 0 Å². The summed E-state index contributed by atoms with van der Waals surface area (Å²) >= 11 is 0. The summed E-state index contributed by atoms with van der Waals surface area (Å²) < 4.78 is 5.19. The lowest BCUT2D eigenvalue weighted by atomic mass is 9.99. The first-order chi connectivity index (χ1) is 13.7. The molecule has 0 atom stereocenters. The van der Waals surface area contributed by atoms with Gasteiger partial charge < -0.3 is 15.4 Å². The highest BCUT2D eigenvalue weighted by atomic mass is 16.5. The van der Waals surface area contributed by atoms with Gasteiger partial charge in [-0.3, -0.25) is 9.59 Å². The van der Waals surface area contributed by atoms with Crippen LogP contribution in [-0.2, 0) is 4.79 Å². The fourth-order valence-corrected chi connectivity index (χ4v) is 2.95. The van der Waals surface area contributed by atoms with Gasteiger partial charge in [0.1, 0.15) is 5.75 Å². The molecular weight excluding hydrogens is 352 g/mol. The molecule has 0 radical (unpaired) electrons. The second kappa shape index (κ2) is 9.37. The van der Waals surface area contributed by atoms with Crippen LogP contribution in [0.15, 0.2) is 84.9 Å². The van der Waals surface area contributed by atoms with Crippen molar-refractivity contribution < 1.29 is 14.3 Å². The first-order valence-corrected chi connectivity index (χ1v) is 8.99. The fraction of sp³-hybridized carbons (Fsp3) is 0.130. The zero-order valence-corrected chi connectivity index (χ0v) is 15.6. The number of para-hydroxylation sites is 1. The average molecular weight is 374 g/mol. The lowest BCUT2D eigenvalue weighted by Gasteiger charge is -2.20. The molecule has 0 unspecified atom stereocenters. The third kappa shape index (κ3) is 4.76. The van der Waals surface area contributed by atoms with Crippen molar-refractivity contribution in [1.29, 1.82) is 0 Å². The Bertz CT molecular complexity index is 887. The van der Waals surface area contributed by atoms with Crippen molar-refractivity contribution in [3.8, 4) is 5.75 Å². The Morgan fingerprint density at radius 1 is 0.821 bits per heavy atom. The van der Waals surface area contributed by atoms with E-state index in [-0.39, 0.29) is 24.4 Å². The summed E-state index contributed by atoms with van der Waals surface area (Å²) in [6, 6.07) is 26.0. The van der Waals surface area contributed by atoms with E-state index in [1.807, 2.05) is 60.7 Å². The van der Waals surface area contributed by atoms with Gasteiger partial charge in [0.05, 0.1) is 25.3 Å². The summed E-state index contributed by atoms with van der Waals surface area (Å²) in [4.78, 5) is 24.9. The minimum atomic E-state index is -0.358. The van der Waals surface area contributed by atoms with Gasteiger partial charge >= 0.3 is 0 Å². The first kappa shape index (κ1) is 19.2. The molecule has 142 valence electrons. The summed E-state index contributed by atoms with van der Waals surface area (Å²) in [5.74, 6) is -0.170. The van der Waals surface area contributed by atoms with E-state index in [0.717, 1.165) is 11.1 Å². The van der Waals surface area contributed by atoms with Gasteiger partial charge in [-0.1, -0.05) is 72.8 Å². The number of amides is 2. The van der Waals surface area contributed by atoms with Gasteiger partial charge in [-0.15, -0.1) is 0 Å². The van der Waals surface area contributed by atoms with E-state index in [9.17, 15) is 9.59 Å². The molecule has 0 spiro atoms. The maximum absolute atomic E-state index is 12.5. The van der Waals surface area contributed by atoms with E-state index in [1.165, 1.54) is 7.11 Å². The number of hydrogen-bond donors (Lipinski definition) is 2. The van der Waals surface area contributed by atoms with Crippen LogP contribution in [0.5, 0.6) is 5.75 Å². The third-order valence-electron chi connectivity index (χ3n) is 4.33. The molecule has 0 aliphatic rings. The molecule has 3 rings (SSSR count). The van der Waals surface area contributed by atoms with Crippen molar-refractivity contribution in [1.82, 2.24) is 10.6 Å². The molecule has 3 aromatic carbocycles. The molecule has 28 heavy (non-hydrogen) atoms. The zero-order chi connectivity index (χ0) is 19.8. The molecule has 5 nitrogen and oxygen atoms in total. The van der Waals surface area contributed by atoms with Crippen LogP contribution in [-0.4, -0.2) is 25.5 Å². The predicted molar refractivity (Wildman–Crippen MR) is 108 cm³/mol. The lowest BCUT2D eigenvalue weighted by Crippen LogP contribution is -2.39. The molecule has 2 N–H and O–H groups in total. The highest BCUT2D eigenvalue weighted by Crippen LogP contribution is 2.21. The van der Waals surface area contributed by atoms with Gasteiger partial charge in [0.25, 0.3) is 5.91 Å². The van der Waals surface area contributed by atoms with Crippen molar-refractivity contribution in [2.24, 2.45) is 0 Å². The SMILES string of the molecule is COc1ccccc1C(=O)NCC(=O)NC(c1ccccc1)c1ccccc1. The van der Waals surface area contributed by atoms with Gasteiger partial charge in [0.2, 0.25) is 5.91 Å². The summed E-state index contributed by atoms with van der Waals surface area (Å²) in [7, 11) is 1.50. The number of carbonyl (C=O) groups is 2. The van der Waals surface area contributed by atoms with Gasteiger partial charge in [-0.2, -0.15) is 0 Å². The van der Waals surface area contributed by atoms with E-state index < -0.39 is 0 Å². The van der Waals surface area contributed by atoms with Crippen LogP contribution >= 0.6 is 0 Å². The zero-order valence-electron chi connectivity index (χ0n) is 15.6. The molecule has 0 saturated carbocycles. The van der Waals surface area contributed by atoms with E-state index in [2.05, 4.69) is 10.6 Å². The standard InChI is InChI=1S/C23H22N2O3/c1-28-20-15-9-8-14-19(20)23(27)24-16-21(26)25-22(17-10-4-2-5-11-17)18-12-6-3-7-13-18/h2-15,22H,16H2,1H3,(H,24,27)(H,25,26). The van der Waals surface area contributed by atoms with Gasteiger partial charge in [0, 0.05) is 0 Å². The van der Waals surface area contributed by atoms with E-state index in [0.29, 0.717) is 11.3 Å². The van der Waals surface area contributed by atoms with Crippen LogP contribution < -0.4 is 15.4 Å². The predicted octanol–water partition coefficient (Wildman–Crippen LogP) is 3.33. The van der Waals surface area contributed by atoms with Crippen LogP contribution in [0.1, 0.15) is 27.5 Å². The monoisotopic (exact) mass is 374 g/mol. The fourth-order valence-electron chi connectivity index (χ4n) is 2.95. The summed E-state index contributed by atoms with van der Waals surface area (Å²) in [6.07, 6.45) is 0. The normalized spacial score (nSPS) is 10.4. The number of methoxy groups -OCH3 is 1. The molecule has 0 aliphatic carbocycles. The Labute approximate surface area is 164 Å². The van der Waals surface area contributed by atoms with Crippen LogP contribution in [0.2, 0.25) is 0 Å². The van der Waals surface area contributed by atoms with E-state index >= 15 is 0 Å². The van der Waals surface area contributed by atoms with Crippen molar-refractivity contribution >= 4 is 11.8 Å². The molecule has 0 saturated heterocycles. The number of benzene rings is 3. The number of rotatable bonds is 7. The Hall–Kier alpha value is -3.60. The van der Waals surface area contributed by atoms with Crippen molar-refractivity contribution in [2.45, 2.75) is 6.04 Å². The van der Waals surface area contributed by atoms with Crippen molar-refractivity contribution in [3.05, 3.63) is 102 Å². The summed E-state index contributed by atoms with van der Waals surface area (Å²) in [6.45, 7) is -0.132. The second-order valence-corrected chi connectivity index (χ2v) is 6.20. The maximum Gasteiger partial charge on any atom is 0.255 e. The van der Waals surface area contributed by atoms with Gasteiger partial charge in [0.15, 0.2) is 0 Å². The lowest BCUT2D eigenvalue weighted by molar-refractivity contribution is -0.120. The Morgan fingerprint density at radius 2 is 1.36 bits per heavy atom. The molecule has 0 bridgehead atoms. The number of hydrogen-bond acceptors (Lipinski definition) is 3. The van der Waals surface area contributed by atoms with Crippen LogP contribution in [0.4, 0.5) is 0 Å². The second-order valence-electron chi connectivity index (χ2n) is 6.20. The summed E-state index contributed by atoms with van der Waals surface area (Å²) in [5.41, 5.74) is 2.33. The Balaban J connectivity index is 1.68. The molecule has 0 aliphatic heterocycles. The summed E-state index contributed by atoms with van der Waals surface area (Å²) in [5, 5.41) is 5.65. The minimum Gasteiger partial charge on any atom is -0.496 e. The largest absolute Gasteiger partial charge is 0.496 e. The van der Waals surface area contributed by atoms with Gasteiger partial charge in [-0.05, 0) is 23.3 Å². The molecule has 0 aromatic heterocycles. The van der Waals surface area contributed by atoms with Crippen molar-refractivity contribution in [2.75, 3.05) is 13.7 Å². The highest BCUT2D eigenvalue weighted by molar-refractivity contribution is 5.98. The van der Waals surface area contributed by atoms with Crippen LogP contribution in [0.25, 0.3) is 0 Å². The van der Waals surface area contributed by atoms with Gasteiger partial charge in [-0.25, -0.2) is 0 Å². The maximum atomic E-state index is 12.5. The molecule has 5 heteroatoms. The third-order valence-corrected chi connectivity index (χ3v) is 4.33. The molecule has 2 amide bonds. The first-order valence-electron chi connectivity index (χ1n) is 8.99.